The van der Waals surface area contributed by atoms with Gasteiger partial charge in [-0.15, -0.1) is 0 Å². The van der Waals surface area contributed by atoms with Crippen LogP contribution in [-0.4, -0.2) is 35.0 Å². The Morgan fingerprint density at radius 1 is 1.25 bits per heavy atom. The molecule has 0 saturated carbocycles. The maximum atomic E-state index is 11.6. The van der Waals surface area contributed by atoms with E-state index in [0.717, 1.165) is 42.7 Å². The maximum Gasteiger partial charge on any atom is 0.325 e. The molecule has 1 amide bonds. The van der Waals surface area contributed by atoms with Crippen LogP contribution in [0.3, 0.4) is 0 Å². The number of carboxylic acid groups (broad SMARTS) is 1. The summed E-state index contributed by atoms with van der Waals surface area (Å²) in [5, 5.41) is 12.3. The number of aliphatic carboxylic acids is 1. The fourth-order valence-corrected chi connectivity index (χ4v) is 3.08. The lowest BCUT2D eigenvalue weighted by Gasteiger charge is -2.26. The molecule has 106 valence electrons. The number of likely N-dealkylation sites (tertiary alicyclic amines) is 1. The third kappa shape index (κ3) is 2.41. The lowest BCUT2D eigenvalue weighted by atomic mass is 9.96. The van der Waals surface area contributed by atoms with Crippen LogP contribution in [0.25, 0.3) is 0 Å². The Labute approximate surface area is 117 Å². The highest BCUT2D eigenvalue weighted by molar-refractivity contribution is 5.94. The second-order valence-corrected chi connectivity index (χ2v) is 5.45. The van der Waals surface area contributed by atoms with Crippen LogP contribution < -0.4 is 5.32 Å². The second kappa shape index (κ2) is 5.25. The normalized spacial score (nSPS) is 20.3. The molecule has 0 radical (unpaired) electrons. The van der Waals surface area contributed by atoms with Crippen LogP contribution in [0.4, 0.5) is 5.69 Å². The van der Waals surface area contributed by atoms with Gasteiger partial charge in [0.1, 0.15) is 6.04 Å². The molecule has 1 atom stereocenters. The average molecular weight is 274 g/mol. The molecule has 20 heavy (non-hydrogen) atoms. The van der Waals surface area contributed by atoms with E-state index in [1.54, 1.807) is 0 Å². The van der Waals surface area contributed by atoms with Gasteiger partial charge in [-0.05, 0) is 49.5 Å². The van der Waals surface area contributed by atoms with Crippen molar-refractivity contribution in [1.29, 1.82) is 0 Å². The van der Waals surface area contributed by atoms with Gasteiger partial charge in [0, 0.05) is 12.1 Å². The SMILES string of the molecule is O=C1CCc2cc(C(C(=O)O)N3CCCC3)ccc2N1. The Morgan fingerprint density at radius 2 is 2.00 bits per heavy atom. The van der Waals surface area contributed by atoms with Crippen molar-refractivity contribution in [2.75, 3.05) is 18.4 Å². The van der Waals surface area contributed by atoms with Crippen LogP contribution >= 0.6 is 0 Å². The summed E-state index contributed by atoms with van der Waals surface area (Å²) in [5.74, 6) is -0.772. The number of nitrogens with zero attached hydrogens (tertiary/aromatic N) is 1. The molecular weight excluding hydrogens is 256 g/mol. The fraction of sp³-hybridized carbons (Fsp3) is 0.467. The number of nitrogens with one attached hydrogen (secondary N) is 1. The number of benzene rings is 1. The number of amides is 1. The van der Waals surface area contributed by atoms with Crippen LogP contribution in [-0.2, 0) is 16.0 Å². The molecule has 5 heteroatoms. The Hall–Kier alpha value is -1.88. The molecule has 5 nitrogen and oxygen atoms in total. The van der Waals surface area contributed by atoms with E-state index in [0.29, 0.717) is 12.8 Å². The van der Waals surface area contributed by atoms with Crippen LogP contribution in [0.5, 0.6) is 0 Å². The fourth-order valence-electron chi connectivity index (χ4n) is 3.08. The minimum absolute atomic E-state index is 0.0274. The van der Waals surface area contributed by atoms with Gasteiger partial charge in [0.2, 0.25) is 5.91 Å². The monoisotopic (exact) mass is 274 g/mol. The summed E-state index contributed by atoms with van der Waals surface area (Å²) < 4.78 is 0. The van der Waals surface area contributed by atoms with Crippen LogP contribution in [0.15, 0.2) is 18.2 Å². The molecule has 1 unspecified atom stereocenters. The number of fused-ring (bicyclic) bond motifs is 1. The number of aryl methyl sites for hydroxylation is 1. The van der Waals surface area contributed by atoms with Gasteiger partial charge in [0.05, 0.1) is 0 Å². The van der Waals surface area contributed by atoms with Crippen LogP contribution in [0.1, 0.15) is 36.4 Å². The Kier molecular flexibility index (Phi) is 3.44. The standard InChI is InChI=1S/C15H18N2O3/c18-13-6-4-10-9-11(3-5-12(10)16-13)14(15(19)20)17-7-1-2-8-17/h3,5,9,14H,1-2,4,6-8H2,(H,16,18)(H,19,20). The van der Waals surface area contributed by atoms with Gasteiger partial charge in [-0.25, -0.2) is 0 Å². The number of carbonyl (C=O) groups excluding carboxylic acids is 1. The molecule has 3 rings (SSSR count). The lowest BCUT2D eigenvalue weighted by Crippen LogP contribution is -2.32. The quantitative estimate of drug-likeness (QED) is 0.881. The van der Waals surface area contributed by atoms with Crippen molar-refractivity contribution < 1.29 is 14.7 Å². The maximum absolute atomic E-state index is 11.6. The summed E-state index contributed by atoms with van der Waals surface area (Å²) >= 11 is 0. The first-order chi connectivity index (χ1) is 9.65. The predicted octanol–water partition coefficient (Wildman–Crippen LogP) is 1.79. The summed E-state index contributed by atoms with van der Waals surface area (Å²) in [6.45, 7) is 1.68. The minimum Gasteiger partial charge on any atom is -0.480 e. The van der Waals surface area contributed by atoms with Crippen molar-refractivity contribution in [2.24, 2.45) is 0 Å². The van der Waals surface area contributed by atoms with Crippen molar-refractivity contribution in [2.45, 2.75) is 31.7 Å². The molecule has 1 aromatic carbocycles. The lowest BCUT2D eigenvalue weighted by molar-refractivity contribution is -0.143. The zero-order chi connectivity index (χ0) is 14.1. The van der Waals surface area contributed by atoms with Gasteiger partial charge in [-0.1, -0.05) is 12.1 Å². The van der Waals surface area contributed by atoms with Crippen molar-refractivity contribution >= 4 is 17.6 Å². The smallest absolute Gasteiger partial charge is 0.325 e. The van der Waals surface area contributed by atoms with Gasteiger partial charge in [0.15, 0.2) is 0 Å². The first-order valence-electron chi connectivity index (χ1n) is 7.05. The molecule has 0 aliphatic carbocycles. The van der Waals surface area contributed by atoms with Gasteiger partial charge >= 0.3 is 5.97 Å². The molecular formula is C15H18N2O3. The van der Waals surface area contributed by atoms with Gasteiger partial charge in [-0.2, -0.15) is 0 Å². The van der Waals surface area contributed by atoms with Crippen molar-refractivity contribution in [3.8, 4) is 0 Å². The van der Waals surface area contributed by atoms with E-state index in [9.17, 15) is 14.7 Å². The molecule has 0 spiro atoms. The van der Waals surface area contributed by atoms with Gasteiger partial charge in [0.25, 0.3) is 0 Å². The molecule has 2 N–H and O–H groups in total. The van der Waals surface area contributed by atoms with E-state index in [4.69, 9.17) is 0 Å². The second-order valence-electron chi connectivity index (χ2n) is 5.45. The van der Waals surface area contributed by atoms with E-state index in [1.807, 2.05) is 23.1 Å². The molecule has 2 aliphatic heterocycles. The number of hydrogen-bond acceptors (Lipinski definition) is 3. The van der Waals surface area contributed by atoms with Crippen molar-refractivity contribution in [3.05, 3.63) is 29.3 Å². The average Bonchev–Trinajstić information content (AvgIpc) is 2.92. The molecule has 1 saturated heterocycles. The molecule has 0 aromatic heterocycles. The first-order valence-corrected chi connectivity index (χ1v) is 7.05. The van der Waals surface area contributed by atoms with E-state index < -0.39 is 12.0 Å². The zero-order valence-electron chi connectivity index (χ0n) is 11.3. The van der Waals surface area contributed by atoms with E-state index >= 15 is 0 Å². The Morgan fingerprint density at radius 3 is 2.70 bits per heavy atom. The molecule has 2 heterocycles. The van der Waals surface area contributed by atoms with Gasteiger partial charge in [-0.3, -0.25) is 14.5 Å². The van der Waals surface area contributed by atoms with Crippen LogP contribution in [0.2, 0.25) is 0 Å². The summed E-state index contributed by atoms with van der Waals surface area (Å²) in [6.07, 6.45) is 3.27. The number of carbonyl (C=O) groups is 2. The van der Waals surface area contributed by atoms with Crippen LogP contribution in [0, 0.1) is 0 Å². The largest absolute Gasteiger partial charge is 0.480 e. The highest BCUT2D eigenvalue weighted by Crippen LogP contribution is 2.30. The number of carboxylic acids is 1. The number of anilines is 1. The predicted molar refractivity (Wildman–Crippen MR) is 74.6 cm³/mol. The summed E-state index contributed by atoms with van der Waals surface area (Å²) in [7, 11) is 0. The molecule has 2 aliphatic rings. The van der Waals surface area contributed by atoms with E-state index in [2.05, 4.69) is 5.32 Å². The van der Waals surface area contributed by atoms with Crippen molar-refractivity contribution in [1.82, 2.24) is 4.90 Å². The highest BCUT2D eigenvalue weighted by Gasteiger charge is 2.30. The molecule has 1 fully saturated rings. The summed E-state index contributed by atoms with van der Waals surface area (Å²) in [6, 6.07) is 5.02. The number of hydrogen-bond donors (Lipinski definition) is 2. The topological polar surface area (TPSA) is 69.6 Å². The Bertz CT molecular complexity index is 550. The first kappa shape index (κ1) is 13.1. The summed E-state index contributed by atoms with van der Waals surface area (Å²) in [4.78, 5) is 25.0. The molecule has 0 bridgehead atoms. The van der Waals surface area contributed by atoms with Crippen molar-refractivity contribution in [3.63, 3.8) is 0 Å². The van der Waals surface area contributed by atoms with E-state index in [1.165, 1.54) is 0 Å². The third-order valence-electron chi connectivity index (χ3n) is 4.08. The zero-order valence-corrected chi connectivity index (χ0v) is 11.3. The number of rotatable bonds is 3. The van der Waals surface area contributed by atoms with E-state index in [-0.39, 0.29) is 5.91 Å². The summed E-state index contributed by atoms with van der Waals surface area (Å²) in [5.41, 5.74) is 2.66. The third-order valence-corrected chi connectivity index (χ3v) is 4.08. The highest BCUT2D eigenvalue weighted by atomic mass is 16.4. The Balaban J connectivity index is 1.91. The van der Waals surface area contributed by atoms with Gasteiger partial charge < -0.3 is 10.4 Å². The molecule has 1 aromatic rings. The minimum atomic E-state index is -0.799.